The lowest BCUT2D eigenvalue weighted by Gasteiger charge is -2.05. The molecule has 0 aromatic heterocycles. The minimum Gasteiger partial charge on any atom is -0.457 e. The van der Waals surface area contributed by atoms with Crippen molar-refractivity contribution in [1.82, 2.24) is 5.43 Å². The lowest BCUT2D eigenvalue weighted by molar-refractivity contribution is -0.122. The van der Waals surface area contributed by atoms with Crippen LogP contribution in [0.1, 0.15) is 31.2 Å². The highest BCUT2D eigenvalue weighted by Gasteiger charge is 2.54. The van der Waals surface area contributed by atoms with Gasteiger partial charge in [-0.15, -0.1) is 0 Å². The molecule has 2 atom stereocenters. The van der Waals surface area contributed by atoms with E-state index in [1.807, 2.05) is 54.6 Å². The van der Waals surface area contributed by atoms with Gasteiger partial charge in [-0.3, -0.25) is 4.79 Å². The average molecular weight is 334 g/mol. The maximum absolute atomic E-state index is 12.2. The van der Waals surface area contributed by atoms with E-state index < -0.39 is 0 Å². The quantitative estimate of drug-likeness (QED) is 0.652. The lowest BCUT2D eigenvalue weighted by atomic mass is 10.0. The van der Waals surface area contributed by atoms with E-state index in [0.717, 1.165) is 17.1 Å². The number of nitrogens with one attached hydrogen (secondary N) is 1. The Morgan fingerprint density at radius 2 is 1.60 bits per heavy atom. The van der Waals surface area contributed by atoms with Crippen molar-refractivity contribution in [2.45, 2.75) is 25.7 Å². The molecule has 2 fully saturated rings. The van der Waals surface area contributed by atoms with Crippen molar-refractivity contribution in [3.8, 4) is 11.5 Å². The van der Waals surface area contributed by atoms with Gasteiger partial charge in [0.2, 0.25) is 5.91 Å². The molecule has 1 amide bonds. The number of para-hydroxylation sites is 1. The molecule has 4 heteroatoms. The summed E-state index contributed by atoms with van der Waals surface area (Å²) in [7, 11) is 0. The molecule has 0 radical (unpaired) electrons. The van der Waals surface area contributed by atoms with Crippen molar-refractivity contribution >= 4 is 12.1 Å². The molecule has 4 rings (SSSR count). The fourth-order valence-corrected chi connectivity index (χ4v) is 3.87. The van der Waals surface area contributed by atoms with Gasteiger partial charge in [0, 0.05) is 5.92 Å². The summed E-state index contributed by atoms with van der Waals surface area (Å²) in [6.45, 7) is 0. The van der Waals surface area contributed by atoms with Crippen LogP contribution < -0.4 is 10.2 Å². The summed E-state index contributed by atoms with van der Waals surface area (Å²) in [6, 6.07) is 17.3. The Kier molecular flexibility index (Phi) is 4.51. The molecule has 0 bridgehead atoms. The second-order valence-corrected chi connectivity index (χ2v) is 6.86. The number of hydrogen-bond acceptors (Lipinski definition) is 3. The van der Waals surface area contributed by atoms with Gasteiger partial charge in [0.05, 0.1) is 6.21 Å². The lowest BCUT2D eigenvalue weighted by Crippen LogP contribution is -2.20. The topological polar surface area (TPSA) is 50.7 Å². The Morgan fingerprint density at radius 3 is 2.28 bits per heavy atom. The fraction of sp³-hybridized carbons (Fsp3) is 0.333. The highest BCUT2D eigenvalue weighted by atomic mass is 16.5. The molecule has 2 aromatic rings. The molecule has 0 heterocycles. The molecule has 0 saturated heterocycles. The summed E-state index contributed by atoms with van der Waals surface area (Å²) < 4.78 is 5.76. The number of ether oxygens (including phenoxy) is 1. The number of benzene rings is 2. The van der Waals surface area contributed by atoms with Crippen molar-refractivity contribution in [1.29, 1.82) is 0 Å². The molecule has 4 nitrogen and oxygen atoms in total. The van der Waals surface area contributed by atoms with Crippen LogP contribution in [0.5, 0.6) is 11.5 Å². The SMILES string of the molecule is O=C(N/N=C/c1ccc(Oc2ccccc2)cc1)C1C2CCCCC21. The first-order valence-electron chi connectivity index (χ1n) is 8.97. The van der Waals surface area contributed by atoms with Crippen molar-refractivity contribution in [3.63, 3.8) is 0 Å². The van der Waals surface area contributed by atoms with Gasteiger partial charge in [-0.2, -0.15) is 5.10 Å². The molecule has 0 spiro atoms. The summed E-state index contributed by atoms with van der Waals surface area (Å²) in [5.74, 6) is 3.08. The van der Waals surface area contributed by atoms with Crippen LogP contribution >= 0.6 is 0 Å². The van der Waals surface area contributed by atoms with Crippen LogP contribution in [0.25, 0.3) is 0 Å². The highest BCUT2D eigenvalue weighted by Crippen LogP contribution is 2.55. The zero-order valence-corrected chi connectivity index (χ0v) is 14.1. The van der Waals surface area contributed by atoms with Crippen LogP contribution in [0.3, 0.4) is 0 Å². The van der Waals surface area contributed by atoms with E-state index in [4.69, 9.17) is 4.74 Å². The number of carbonyl (C=O) groups is 1. The van der Waals surface area contributed by atoms with Crippen molar-refractivity contribution in [2.75, 3.05) is 0 Å². The molecule has 2 saturated carbocycles. The van der Waals surface area contributed by atoms with Crippen molar-refractivity contribution in [2.24, 2.45) is 22.9 Å². The molecule has 2 aliphatic carbocycles. The van der Waals surface area contributed by atoms with E-state index in [2.05, 4.69) is 10.5 Å². The molecule has 2 aromatic carbocycles. The van der Waals surface area contributed by atoms with Crippen LogP contribution in [0, 0.1) is 17.8 Å². The van der Waals surface area contributed by atoms with Gasteiger partial charge in [0.15, 0.2) is 0 Å². The number of amides is 1. The highest BCUT2D eigenvalue weighted by molar-refractivity contribution is 5.85. The Morgan fingerprint density at radius 1 is 0.960 bits per heavy atom. The standard InChI is InChI=1S/C21H22N2O2/c24-21(20-18-8-4-5-9-19(18)20)23-22-14-15-10-12-17(13-11-15)25-16-6-2-1-3-7-16/h1-3,6-7,10-14,18-20H,4-5,8-9H2,(H,23,24)/b22-14+. The third-order valence-corrected chi connectivity index (χ3v) is 5.21. The van der Waals surface area contributed by atoms with E-state index in [1.165, 1.54) is 25.7 Å². The first-order valence-corrected chi connectivity index (χ1v) is 8.97. The smallest absolute Gasteiger partial charge is 0.243 e. The molecule has 2 aliphatic rings. The average Bonchev–Trinajstić information content (AvgIpc) is 3.38. The van der Waals surface area contributed by atoms with E-state index in [0.29, 0.717) is 11.8 Å². The molecular weight excluding hydrogens is 312 g/mol. The number of rotatable bonds is 5. The Hall–Kier alpha value is -2.62. The van der Waals surface area contributed by atoms with Crippen molar-refractivity contribution < 1.29 is 9.53 Å². The second-order valence-electron chi connectivity index (χ2n) is 6.86. The third-order valence-electron chi connectivity index (χ3n) is 5.21. The fourth-order valence-electron chi connectivity index (χ4n) is 3.87. The number of fused-ring (bicyclic) bond motifs is 1. The van der Waals surface area contributed by atoms with Gasteiger partial charge in [-0.1, -0.05) is 31.0 Å². The zero-order chi connectivity index (χ0) is 17.1. The molecule has 0 aliphatic heterocycles. The van der Waals surface area contributed by atoms with Gasteiger partial charge < -0.3 is 4.74 Å². The summed E-state index contributed by atoms with van der Waals surface area (Å²) in [5, 5.41) is 4.11. The molecule has 2 unspecified atom stereocenters. The Bertz CT molecular complexity index is 743. The molecule has 128 valence electrons. The summed E-state index contributed by atoms with van der Waals surface area (Å²) >= 11 is 0. The van der Waals surface area contributed by atoms with Crippen LogP contribution in [0.4, 0.5) is 0 Å². The van der Waals surface area contributed by atoms with E-state index in [1.54, 1.807) is 6.21 Å². The predicted molar refractivity (Wildman–Crippen MR) is 97.6 cm³/mol. The van der Waals surface area contributed by atoms with Crippen LogP contribution in [0.15, 0.2) is 59.7 Å². The largest absolute Gasteiger partial charge is 0.457 e. The normalized spacial score (nSPS) is 24.6. The molecule has 25 heavy (non-hydrogen) atoms. The first kappa shape index (κ1) is 15.9. The van der Waals surface area contributed by atoms with Gasteiger partial charge in [0.25, 0.3) is 0 Å². The minimum absolute atomic E-state index is 0.0807. The van der Waals surface area contributed by atoms with E-state index in [9.17, 15) is 4.79 Å². The maximum atomic E-state index is 12.2. The predicted octanol–water partition coefficient (Wildman–Crippen LogP) is 4.37. The first-order chi connectivity index (χ1) is 12.3. The van der Waals surface area contributed by atoms with Gasteiger partial charge >= 0.3 is 0 Å². The number of nitrogens with zero attached hydrogens (tertiary/aromatic N) is 1. The van der Waals surface area contributed by atoms with Gasteiger partial charge in [-0.25, -0.2) is 5.43 Å². The van der Waals surface area contributed by atoms with Crippen LogP contribution in [-0.4, -0.2) is 12.1 Å². The summed E-state index contributed by atoms with van der Waals surface area (Å²) in [5.41, 5.74) is 3.63. The minimum atomic E-state index is 0.0807. The Labute approximate surface area is 147 Å². The Balaban J connectivity index is 1.29. The van der Waals surface area contributed by atoms with Gasteiger partial charge in [0.1, 0.15) is 11.5 Å². The number of hydrazone groups is 1. The van der Waals surface area contributed by atoms with Crippen LogP contribution in [0.2, 0.25) is 0 Å². The molecule has 1 N–H and O–H groups in total. The second kappa shape index (κ2) is 7.09. The molecular formula is C21H22N2O2. The number of carbonyl (C=O) groups excluding carboxylic acids is 1. The van der Waals surface area contributed by atoms with E-state index in [-0.39, 0.29) is 11.8 Å². The zero-order valence-electron chi connectivity index (χ0n) is 14.1. The van der Waals surface area contributed by atoms with Crippen molar-refractivity contribution in [3.05, 3.63) is 60.2 Å². The maximum Gasteiger partial charge on any atom is 0.243 e. The van der Waals surface area contributed by atoms with Gasteiger partial charge in [-0.05, 0) is 66.6 Å². The van der Waals surface area contributed by atoms with E-state index >= 15 is 0 Å². The third kappa shape index (κ3) is 3.73. The number of hydrogen-bond donors (Lipinski definition) is 1. The summed E-state index contributed by atoms with van der Waals surface area (Å²) in [6.07, 6.45) is 6.62. The monoisotopic (exact) mass is 334 g/mol. The van der Waals surface area contributed by atoms with Crippen LogP contribution in [-0.2, 0) is 4.79 Å². The summed E-state index contributed by atoms with van der Waals surface area (Å²) in [4.78, 5) is 12.2.